The fraction of sp³-hybridized carbons (Fsp3) is 0.300. The second-order valence-corrected chi connectivity index (χ2v) is 6.79. The van der Waals surface area contributed by atoms with Crippen LogP contribution in [-0.4, -0.2) is 25.4 Å². The van der Waals surface area contributed by atoms with Gasteiger partial charge in [-0.15, -0.1) is 11.8 Å². The molecule has 0 aromatic heterocycles. The van der Waals surface area contributed by atoms with Gasteiger partial charge in [-0.1, -0.05) is 37.8 Å². The van der Waals surface area contributed by atoms with Crippen LogP contribution in [0.4, 0.5) is 0 Å². The molecule has 0 fully saturated rings. The van der Waals surface area contributed by atoms with Gasteiger partial charge in [0.05, 0.1) is 35.3 Å². The first kappa shape index (κ1) is 19.7. The van der Waals surface area contributed by atoms with Gasteiger partial charge in [-0.05, 0) is 18.7 Å². The molecule has 1 atom stereocenters. The van der Waals surface area contributed by atoms with E-state index in [1.165, 1.54) is 17.8 Å². The molecule has 1 aromatic carbocycles. The number of carbonyl (C=O) groups excluding carboxylic acids is 1. The van der Waals surface area contributed by atoms with Crippen molar-refractivity contribution in [3.8, 4) is 11.8 Å². The van der Waals surface area contributed by atoms with E-state index in [1.54, 1.807) is 7.11 Å². The van der Waals surface area contributed by atoms with Crippen molar-refractivity contribution in [2.75, 3.05) is 19.5 Å². The van der Waals surface area contributed by atoms with Crippen LogP contribution in [0.25, 0.3) is 0 Å². The number of carbonyl (C=O) groups is 1. The highest BCUT2D eigenvalue weighted by atomic mass is 32.2. The topological polar surface area (TPSA) is 71.3 Å². The number of hydrogen-bond donors (Lipinski definition) is 1. The maximum atomic E-state index is 12.7. The van der Waals surface area contributed by atoms with Crippen molar-refractivity contribution in [1.82, 2.24) is 5.32 Å². The van der Waals surface area contributed by atoms with E-state index in [0.29, 0.717) is 22.6 Å². The molecule has 0 saturated heterocycles. The van der Waals surface area contributed by atoms with Crippen LogP contribution >= 0.6 is 11.8 Å². The Bertz CT molecular complexity index is 806. The Labute approximate surface area is 158 Å². The molecule has 1 aliphatic rings. The van der Waals surface area contributed by atoms with Crippen LogP contribution in [-0.2, 0) is 9.53 Å². The predicted molar refractivity (Wildman–Crippen MR) is 103 cm³/mol. The number of nitrogens with one attached hydrogen (secondary N) is 1. The molecule has 6 heteroatoms. The summed E-state index contributed by atoms with van der Waals surface area (Å²) in [6, 6.07) is 9.69. The lowest BCUT2D eigenvalue weighted by atomic mass is 9.82. The number of benzene rings is 1. The Morgan fingerprint density at radius 2 is 2.19 bits per heavy atom. The summed E-state index contributed by atoms with van der Waals surface area (Å²) < 4.78 is 10.8. The van der Waals surface area contributed by atoms with Crippen LogP contribution in [0.1, 0.15) is 25.3 Å². The van der Waals surface area contributed by atoms with Gasteiger partial charge in [0.1, 0.15) is 12.4 Å². The van der Waals surface area contributed by atoms with Gasteiger partial charge in [0.25, 0.3) is 0 Å². The highest BCUT2D eigenvalue weighted by Gasteiger charge is 2.36. The summed E-state index contributed by atoms with van der Waals surface area (Å²) in [7, 11) is 1.57. The van der Waals surface area contributed by atoms with Crippen molar-refractivity contribution in [3.05, 3.63) is 64.4 Å². The van der Waals surface area contributed by atoms with Crippen molar-refractivity contribution < 1.29 is 14.3 Å². The highest BCUT2D eigenvalue weighted by molar-refractivity contribution is 8.03. The number of nitrogens with zero attached hydrogens (tertiary/aromatic N) is 1. The maximum absolute atomic E-state index is 12.7. The Kier molecular flexibility index (Phi) is 6.93. The third kappa shape index (κ3) is 3.94. The highest BCUT2D eigenvalue weighted by Crippen LogP contribution is 2.43. The number of dihydropyridines is 1. The second-order valence-electron chi connectivity index (χ2n) is 5.51. The summed E-state index contributed by atoms with van der Waals surface area (Å²) in [5, 5.41) is 13.8. The van der Waals surface area contributed by atoms with E-state index in [2.05, 4.69) is 18.0 Å². The number of rotatable bonds is 7. The van der Waals surface area contributed by atoms with E-state index in [0.717, 1.165) is 16.3 Å². The number of hydrogen-bond acceptors (Lipinski definition) is 6. The number of nitriles is 1. The van der Waals surface area contributed by atoms with E-state index in [-0.39, 0.29) is 6.61 Å². The molecule has 2 rings (SSSR count). The molecule has 26 heavy (non-hydrogen) atoms. The predicted octanol–water partition coefficient (Wildman–Crippen LogP) is 3.87. The first-order chi connectivity index (χ1) is 12.6. The Morgan fingerprint density at radius 3 is 2.81 bits per heavy atom. The van der Waals surface area contributed by atoms with Crippen molar-refractivity contribution in [2.45, 2.75) is 19.8 Å². The average Bonchev–Trinajstić information content (AvgIpc) is 2.65. The molecule has 0 bridgehead atoms. The number of methoxy groups -OCH3 is 1. The summed E-state index contributed by atoms with van der Waals surface area (Å²) in [6.45, 7) is 7.51. The van der Waals surface area contributed by atoms with Gasteiger partial charge < -0.3 is 14.8 Å². The van der Waals surface area contributed by atoms with Crippen LogP contribution in [0.3, 0.4) is 0 Å². The zero-order valence-electron chi connectivity index (χ0n) is 15.2. The smallest absolute Gasteiger partial charge is 0.337 e. The van der Waals surface area contributed by atoms with Crippen LogP contribution < -0.4 is 10.1 Å². The van der Waals surface area contributed by atoms with Crippen molar-refractivity contribution in [2.24, 2.45) is 0 Å². The number of allylic oxidation sites excluding steroid dienone is 2. The lowest BCUT2D eigenvalue weighted by molar-refractivity contribution is -0.138. The third-order valence-electron chi connectivity index (χ3n) is 3.94. The minimum atomic E-state index is -0.552. The summed E-state index contributed by atoms with van der Waals surface area (Å²) >= 11 is 1.53. The molecule has 5 nitrogen and oxygen atoms in total. The fourth-order valence-electron chi connectivity index (χ4n) is 2.87. The van der Waals surface area contributed by atoms with E-state index < -0.39 is 11.9 Å². The summed E-state index contributed by atoms with van der Waals surface area (Å²) in [5.74, 6) is 0.396. The molecule has 136 valence electrons. The molecule has 1 aromatic rings. The first-order valence-corrected chi connectivity index (χ1v) is 9.23. The van der Waals surface area contributed by atoms with Crippen LogP contribution in [0.5, 0.6) is 5.75 Å². The first-order valence-electron chi connectivity index (χ1n) is 8.24. The van der Waals surface area contributed by atoms with E-state index in [1.807, 2.05) is 38.1 Å². The molecule has 1 aliphatic heterocycles. The van der Waals surface area contributed by atoms with Crippen LogP contribution in [0.2, 0.25) is 0 Å². The number of ether oxygens (including phenoxy) is 2. The van der Waals surface area contributed by atoms with Gasteiger partial charge in [-0.3, -0.25) is 0 Å². The number of esters is 1. The molecule has 0 saturated carbocycles. The van der Waals surface area contributed by atoms with Crippen LogP contribution in [0.15, 0.2) is 58.8 Å². The molecular formula is C20H22N2O3S. The Hall–Kier alpha value is -2.65. The summed E-state index contributed by atoms with van der Waals surface area (Å²) in [6.07, 6.45) is 1.52. The second kappa shape index (κ2) is 9.16. The van der Waals surface area contributed by atoms with Crippen molar-refractivity contribution >= 4 is 17.7 Å². The molecule has 0 radical (unpaired) electrons. The zero-order valence-corrected chi connectivity index (χ0v) is 16.0. The largest absolute Gasteiger partial charge is 0.496 e. The Balaban J connectivity index is 2.66. The third-order valence-corrected chi connectivity index (χ3v) is 4.84. The lowest BCUT2D eigenvalue weighted by Gasteiger charge is -2.30. The van der Waals surface area contributed by atoms with E-state index in [4.69, 9.17) is 9.47 Å². The maximum Gasteiger partial charge on any atom is 0.337 e. The van der Waals surface area contributed by atoms with Crippen LogP contribution in [0, 0.1) is 11.3 Å². The molecule has 1 heterocycles. The monoisotopic (exact) mass is 370 g/mol. The van der Waals surface area contributed by atoms with E-state index in [9.17, 15) is 10.1 Å². The van der Waals surface area contributed by atoms with Crippen molar-refractivity contribution in [1.29, 1.82) is 5.26 Å². The minimum Gasteiger partial charge on any atom is -0.496 e. The molecular weight excluding hydrogens is 348 g/mol. The molecule has 0 amide bonds. The standard InChI is InChI=1S/C20H22N2O3S/c1-5-11-25-20(23)17-13(3)22-19(26-6-2)15(12-21)18(17)14-9-7-8-10-16(14)24-4/h5,7-10,18,22H,1,6,11H2,2-4H3/t18-/m0/s1. The molecule has 0 spiro atoms. The Morgan fingerprint density at radius 1 is 1.46 bits per heavy atom. The van der Waals surface area contributed by atoms with Crippen molar-refractivity contribution in [3.63, 3.8) is 0 Å². The summed E-state index contributed by atoms with van der Waals surface area (Å²) in [4.78, 5) is 12.7. The summed E-state index contributed by atoms with van der Waals surface area (Å²) in [5.41, 5.74) is 2.32. The fourth-order valence-corrected chi connectivity index (χ4v) is 3.70. The van der Waals surface area contributed by atoms with Gasteiger partial charge in [-0.2, -0.15) is 5.26 Å². The van der Waals surface area contributed by atoms with Gasteiger partial charge >= 0.3 is 5.97 Å². The van der Waals surface area contributed by atoms with Gasteiger partial charge in [0.2, 0.25) is 0 Å². The lowest BCUT2D eigenvalue weighted by Crippen LogP contribution is -2.29. The molecule has 1 N–H and O–H groups in total. The normalized spacial score (nSPS) is 16.6. The molecule has 0 unspecified atom stereocenters. The molecule has 0 aliphatic carbocycles. The zero-order chi connectivity index (χ0) is 19.1. The van der Waals surface area contributed by atoms with Gasteiger partial charge in [0, 0.05) is 11.3 Å². The van der Waals surface area contributed by atoms with Gasteiger partial charge in [0.15, 0.2) is 0 Å². The van der Waals surface area contributed by atoms with Gasteiger partial charge in [-0.25, -0.2) is 4.79 Å². The average molecular weight is 370 g/mol. The number of thioether (sulfide) groups is 1. The number of para-hydroxylation sites is 1. The SMILES string of the molecule is C=CCOC(=O)C1=C(C)NC(SCC)=C(C#N)[C@@H]1c1ccccc1OC. The minimum absolute atomic E-state index is 0.108. The quantitative estimate of drug-likeness (QED) is 0.580. The van der Waals surface area contributed by atoms with E-state index >= 15 is 0 Å².